The van der Waals surface area contributed by atoms with Gasteiger partial charge in [0.15, 0.2) is 0 Å². The highest BCUT2D eigenvalue weighted by Gasteiger charge is 2.29. The topological polar surface area (TPSA) is 57.7 Å². The number of sulfonamides is 1. The molecule has 0 aromatic heterocycles. The number of hydrogen-bond donors (Lipinski definition) is 0. The van der Waals surface area contributed by atoms with E-state index in [4.69, 9.17) is 0 Å². The monoisotopic (exact) mass is 376 g/mol. The van der Waals surface area contributed by atoms with Gasteiger partial charge in [-0.05, 0) is 50.2 Å². The second kappa shape index (κ2) is 8.90. The second-order valence-electron chi connectivity index (χ2n) is 7.33. The quantitative estimate of drug-likeness (QED) is 0.714. The molecule has 2 saturated heterocycles. The molecule has 5 nitrogen and oxygen atoms in total. The molecule has 0 aliphatic carbocycles. The molecular weight excluding hydrogens is 344 g/mol. The van der Waals surface area contributed by atoms with Gasteiger partial charge in [0.25, 0.3) is 0 Å². The second-order valence-corrected chi connectivity index (χ2v) is 10.5. The molecular formula is C17H32N2O3S2. The number of rotatable bonds is 6. The van der Waals surface area contributed by atoms with E-state index in [9.17, 15) is 13.2 Å². The Morgan fingerprint density at radius 3 is 2.21 bits per heavy atom. The van der Waals surface area contributed by atoms with Crippen LogP contribution in [-0.2, 0) is 14.8 Å². The van der Waals surface area contributed by atoms with Gasteiger partial charge in [0, 0.05) is 37.8 Å². The van der Waals surface area contributed by atoms with E-state index in [1.807, 2.05) is 16.7 Å². The van der Waals surface area contributed by atoms with Crippen LogP contribution in [-0.4, -0.2) is 67.5 Å². The molecule has 2 fully saturated rings. The Labute approximate surface area is 151 Å². The lowest BCUT2D eigenvalue weighted by atomic mass is 9.83. The van der Waals surface area contributed by atoms with Crippen molar-refractivity contribution in [2.24, 2.45) is 11.8 Å². The van der Waals surface area contributed by atoms with Crippen LogP contribution < -0.4 is 0 Å². The Morgan fingerprint density at radius 2 is 1.71 bits per heavy atom. The zero-order valence-corrected chi connectivity index (χ0v) is 16.9. The summed E-state index contributed by atoms with van der Waals surface area (Å²) in [6.45, 7) is 5.29. The van der Waals surface area contributed by atoms with E-state index in [-0.39, 0.29) is 0 Å². The van der Waals surface area contributed by atoms with Gasteiger partial charge in [0.2, 0.25) is 15.9 Å². The summed E-state index contributed by atoms with van der Waals surface area (Å²) >= 11 is 1.91. The SMILES string of the molecule is CSC1CCN(C(=O)CCC(C)C2CCN(S(C)(=O)=O)CC2)CC1. The van der Waals surface area contributed by atoms with E-state index >= 15 is 0 Å². The third-order valence-corrected chi connectivity index (χ3v) is 8.16. The Hall–Kier alpha value is -0.270. The number of nitrogens with zero attached hydrogens (tertiary/aromatic N) is 2. The van der Waals surface area contributed by atoms with E-state index in [0.29, 0.717) is 42.5 Å². The molecule has 2 rings (SSSR count). The van der Waals surface area contributed by atoms with Crippen LogP contribution in [0.3, 0.4) is 0 Å². The number of carbonyl (C=O) groups is 1. The van der Waals surface area contributed by atoms with Crippen LogP contribution >= 0.6 is 11.8 Å². The maximum atomic E-state index is 12.4. The first-order valence-corrected chi connectivity index (χ1v) is 12.2. The van der Waals surface area contributed by atoms with Gasteiger partial charge in [-0.3, -0.25) is 4.79 Å². The summed E-state index contributed by atoms with van der Waals surface area (Å²) in [6, 6.07) is 0. The Morgan fingerprint density at radius 1 is 1.12 bits per heavy atom. The highest BCUT2D eigenvalue weighted by atomic mass is 32.2. The molecule has 2 heterocycles. The van der Waals surface area contributed by atoms with E-state index < -0.39 is 10.0 Å². The smallest absolute Gasteiger partial charge is 0.222 e. The van der Waals surface area contributed by atoms with Gasteiger partial charge in [-0.25, -0.2) is 12.7 Å². The van der Waals surface area contributed by atoms with Crippen molar-refractivity contribution in [3.05, 3.63) is 0 Å². The molecule has 0 aromatic rings. The predicted molar refractivity (Wildman–Crippen MR) is 101 cm³/mol. The summed E-state index contributed by atoms with van der Waals surface area (Å²) in [5, 5.41) is 0.716. The van der Waals surface area contributed by atoms with Crippen LogP contribution in [0.2, 0.25) is 0 Å². The van der Waals surface area contributed by atoms with Crippen molar-refractivity contribution in [2.45, 2.75) is 50.7 Å². The molecule has 1 atom stereocenters. The van der Waals surface area contributed by atoms with Gasteiger partial charge in [-0.15, -0.1) is 0 Å². The van der Waals surface area contributed by atoms with E-state index in [1.165, 1.54) is 6.26 Å². The largest absolute Gasteiger partial charge is 0.343 e. The Balaban J connectivity index is 1.70. The maximum absolute atomic E-state index is 12.4. The number of carbonyl (C=O) groups excluding carboxylic acids is 1. The van der Waals surface area contributed by atoms with Crippen molar-refractivity contribution >= 4 is 27.7 Å². The fourth-order valence-corrected chi connectivity index (χ4v) is 5.42. The number of amides is 1. The molecule has 2 aliphatic rings. The third kappa shape index (κ3) is 5.63. The summed E-state index contributed by atoms with van der Waals surface area (Å²) < 4.78 is 24.7. The zero-order valence-electron chi connectivity index (χ0n) is 15.2. The summed E-state index contributed by atoms with van der Waals surface area (Å²) in [6.07, 6.45) is 9.07. The average molecular weight is 377 g/mol. The molecule has 0 bridgehead atoms. The normalized spacial score (nSPS) is 23.4. The van der Waals surface area contributed by atoms with Gasteiger partial charge in [-0.1, -0.05) is 6.92 Å². The highest BCUT2D eigenvalue weighted by Crippen LogP contribution is 2.29. The van der Waals surface area contributed by atoms with Crippen molar-refractivity contribution < 1.29 is 13.2 Å². The van der Waals surface area contributed by atoms with Crippen LogP contribution in [0.15, 0.2) is 0 Å². The van der Waals surface area contributed by atoms with Crippen molar-refractivity contribution in [2.75, 3.05) is 38.7 Å². The molecule has 0 N–H and O–H groups in total. The van der Waals surface area contributed by atoms with Crippen LogP contribution in [0.1, 0.15) is 45.4 Å². The van der Waals surface area contributed by atoms with Crippen molar-refractivity contribution in [3.63, 3.8) is 0 Å². The molecule has 1 amide bonds. The summed E-state index contributed by atoms with van der Waals surface area (Å²) in [7, 11) is -3.05. The van der Waals surface area contributed by atoms with Gasteiger partial charge in [0.05, 0.1) is 6.26 Å². The van der Waals surface area contributed by atoms with Crippen molar-refractivity contribution in [1.82, 2.24) is 9.21 Å². The maximum Gasteiger partial charge on any atom is 0.222 e. The van der Waals surface area contributed by atoms with E-state index in [0.717, 1.165) is 45.2 Å². The molecule has 7 heteroatoms. The first-order chi connectivity index (χ1) is 11.3. The molecule has 24 heavy (non-hydrogen) atoms. The molecule has 1 unspecified atom stereocenters. The molecule has 0 saturated carbocycles. The Bertz CT molecular complexity index is 508. The molecule has 2 aliphatic heterocycles. The molecule has 140 valence electrons. The summed E-state index contributed by atoms with van der Waals surface area (Å²) in [4.78, 5) is 14.4. The van der Waals surface area contributed by atoms with Gasteiger partial charge in [-0.2, -0.15) is 11.8 Å². The van der Waals surface area contributed by atoms with Crippen molar-refractivity contribution in [1.29, 1.82) is 0 Å². The van der Waals surface area contributed by atoms with Crippen molar-refractivity contribution in [3.8, 4) is 0 Å². The first kappa shape index (κ1) is 20.0. The minimum atomic E-state index is -3.05. The summed E-state index contributed by atoms with van der Waals surface area (Å²) in [5.41, 5.74) is 0. The number of hydrogen-bond acceptors (Lipinski definition) is 4. The van der Waals surface area contributed by atoms with Crippen LogP contribution in [0, 0.1) is 11.8 Å². The lowest BCUT2D eigenvalue weighted by molar-refractivity contribution is -0.132. The molecule has 0 aromatic carbocycles. The van der Waals surface area contributed by atoms with Crippen LogP contribution in [0.25, 0.3) is 0 Å². The minimum absolute atomic E-state index is 0.301. The standard InChI is InChI=1S/C17H32N2O3S2/c1-14(15-6-12-19(13-7-15)24(3,21)22)4-5-17(20)18-10-8-16(23-2)9-11-18/h14-16H,4-13H2,1-3H3. The zero-order chi connectivity index (χ0) is 17.7. The van der Waals surface area contributed by atoms with Crippen LogP contribution in [0.5, 0.6) is 0 Å². The molecule has 0 spiro atoms. The predicted octanol–water partition coefficient (Wildman–Crippen LogP) is 2.43. The minimum Gasteiger partial charge on any atom is -0.343 e. The fourth-order valence-electron chi connectivity index (χ4n) is 3.86. The number of piperidine rings is 2. The Kier molecular flexibility index (Phi) is 7.43. The number of thioether (sulfide) groups is 1. The third-order valence-electron chi connectivity index (χ3n) is 5.71. The summed E-state index contributed by atoms with van der Waals surface area (Å²) in [5.74, 6) is 1.33. The lowest BCUT2D eigenvalue weighted by Crippen LogP contribution is -2.40. The lowest BCUT2D eigenvalue weighted by Gasteiger charge is -2.34. The fraction of sp³-hybridized carbons (Fsp3) is 0.941. The highest BCUT2D eigenvalue weighted by molar-refractivity contribution is 7.99. The first-order valence-electron chi connectivity index (χ1n) is 9.07. The van der Waals surface area contributed by atoms with E-state index in [2.05, 4.69) is 13.2 Å². The van der Waals surface area contributed by atoms with Gasteiger partial charge in [0.1, 0.15) is 0 Å². The average Bonchev–Trinajstić information content (AvgIpc) is 2.58. The molecule has 0 radical (unpaired) electrons. The number of likely N-dealkylation sites (tertiary alicyclic amines) is 1. The van der Waals surface area contributed by atoms with Gasteiger partial charge < -0.3 is 4.90 Å². The van der Waals surface area contributed by atoms with Gasteiger partial charge >= 0.3 is 0 Å². The van der Waals surface area contributed by atoms with E-state index in [1.54, 1.807) is 4.31 Å². The van der Waals surface area contributed by atoms with Crippen LogP contribution in [0.4, 0.5) is 0 Å².